The molecule has 3 aliphatic rings. The first-order chi connectivity index (χ1) is 18.8. The van der Waals surface area contributed by atoms with E-state index in [0.29, 0.717) is 13.1 Å². The van der Waals surface area contributed by atoms with Gasteiger partial charge in [0.2, 0.25) is 5.91 Å². The first-order valence-corrected chi connectivity index (χ1v) is 13.3. The summed E-state index contributed by atoms with van der Waals surface area (Å²) in [6, 6.07) is 20.4. The number of hydrogen-bond donors (Lipinski definition) is 3. The Kier molecular flexibility index (Phi) is 6.31. The van der Waals surface area contributed by atoms with Gasteiger partial charge in [0.1, 0.15) is 12.3 Å². The predicted octanol–water partition coefficient (Wildman–Crippen LogP) is 1.06. The maximum atomic E-state index is 14.2. The molecule has 2 saturated heterocycles. The normalized spacial score (nSPS) is 26.2. The summed E-state index contributed by atoms with van der Waals surface area (Å²) in [5.74, 6) is -0.601. The summed E-state index contributed by atoms with van der Waals surface area (Å²) < 4.78 is 1.86. The Bertz CT molecular complexity index is 1490. The number of carbonyl (C=O) groups excluding carboxylic acids is 3. The minimum absolute atomic E-state index is 0.00588. The number of piperidine rings is 1. The van der Waals surface area contributed by atoms with Gasteiger partial charge in [-0.25, -0.2) is 4.79 Å². The van der Waals surface area contributed by atoms with E-state index in [-0.39, 0.29) is 42.7 Å². The van der Waals surface area contributed by atoms with E-state index in [4.69, 9.17) is 0 Å². The van der Waals surface area contributed by atoms with Crippen LogP contribution in [-0.4, -0.2) is 52.1 Å². The van der Waals surface area contributed by atoms with Crippen LogP contribution in [0.1, 0.15) is 29.2 Å². The van der Waals surface area contributed by atoms with Crippen LogP contribution >= 0.6 is 0 Å². The third kappa shape index (κ3) is 4.63. The summed E-state index contributed by atoms with van der Waals surface area (Å²) in [6.07, 6.45) is 1.07. The van der Waals surface area contributed by atoms with Crippen LogP contribution in [0, 0.1) is 11.3 Å². The molecule has 2 aromatic carbocycles. The van der Waals surface area contributed by atoms with Crippen molar-refractivity contribution in [3.63, 3.8) is 0 Å². The number of hydrogen-bond acceptors (Lipinski definition) is 5. The summed E-state index contributed by atoms with van der Waals surface area (Å²) in [6.45, 7) is 2.32. The lowest BCUT2D eigenvalue weighted by Crippen LogP contribution is -3.16. The molecule has 3 aliphatic heterocycles. The van der Waals surface area contributed by atoms with Crippen molar-refractivity contribution >= 4 is 17.8 Å². The Labute approximate surface area is 225 Å². The van der Waals surface area contributed by atoms with Crippen molar-refractivity contribution in [2.24, 2.45) is 11.3 Å². The number of benzene rings is 2. The lowest BCUT2D eigenvalue weighted by Gasteiger charge is -2.45. The number of nitrogens with one attached hydrogen (secondary N) is 2. The molecule has 4 heterocycles. The second-order valence-electron chi connectivity index (χ2n) is 11.1. The molecule has 1 aromatic heterocycles. The third-order valence-electron chi connectivity index (χ3n) is 8.41. The highest BCUT2D eigenvalue weighted by Gasteiger charge is 2.57. The molecule has 0 radical (unpaired) electrons. The van der Waals surface area contributed by atoms with Crippen molar-refractivity contribution in [2.45, 2.75) is 31.8 Å². The highest BCUT2D eigenvalue weighted by atomic mass is 16.3. The van der Waals surface area contributed by atoms with Crippen molar-refractivity contribution in [3.8, 4) is 5.75 Å². The number of quaternary nitrogens is 1. The molecule has 4 amide bonds. The highest BCUT2D eigenvalue weighted by Crippen LogP contribution is 2.33. The maximum Gasteiger partial charge on any atom is 0.331 e. The van der Waals surface area contributed by atoms with Crippen molar-refractivity contribution in [1.82, 2.24) is 14.8 Å². The monoisotopic (exact) mass is 527 g/mol. The van der Waals surface area contributed by atoms with Crippen molar-refractivity contribution in [1.29, 1.82) is 0 Å². The summed E-state index contributed by atoms with van der Waals surface area (Å²) in [5.41, 5.74) is 1.02. The van der Waals surface area contributed by atoms with Gasteiger partial charge in [-0.1, -0.05) is 48.5 Å². The van der Waals surface area contributed by atoms with Crippen LogP contribution in [0.5, 0.6) is 5.75 Å². The predicted molar refractivity (Wildman–Crippen MR) is 142 cm³/mol. The second kappa shape index (κ2) is 9.81. The molecule has 4 atom stereocenters. The Hall–Kier alpha value is -4.24. The minimum atomic E-state index is -1.50. The summed E-state index contributed by atoms with van der Waals surface area (Å²) in [5, 5.41) is 12.3. The number of fused-ring (bicyclic) bond motifs is 4. The molecule has 0 aliphatic carbocycles. The third-order valence-corrected chi connectivity index (χ3v) is 8.41. The van der Waals surface area contributed by atoms with Crippen LogP contribution in [0.15, 0.2) is 77.6 Å². The summed E-state index contributed by atoms with van der Waals surface area (Å²) >= 11 is 0. The standard InChI is InChI=1S/C30H30N4O5/c35-24-11-9-20(10-12-24)14-30(27(37)31-29(39)34(28(30)38)16-21-5-2-1-3-6-21)19-32-15-22-13-23(18-32)25-7-4-8-26(36)33(25)17-22/h1-12,22-23,35H,13-19H2,(H,31,37,39)/p+1/t22-,23+,30+/m0/s1. The van der Waals surface area contributed by atoms with E-state index >= 15 is 0 Å². The molecule has 6 rings (SSSR count). The number of rotatable bonds is 6. The number of aromatic hydroxyl groups is 1. The van der Waals surface area contributed by atoms with Crippen LogP contribution in [0.4, 0.5) is 4.79 Å². The zero-order valence-electron chi connectivity index (χ0n) is 21.5. The van der Waals surface area contributed by atoms with Gasteiger partial charge in [0.25, 0.3) is 11.5 Å². The minimum Gasteiger partial charge on any atom is -0.508 e. The lowest BCUT2D eigenvalue weighted by molar-refractivity contribution is -0.915. The van der Waals surface area contributed by atoms with Gasteiger partial charge in [-0.3, -0.25) is 24.6 Å². The second-order valence-corrected chi connectivity index (χ2v) is 11.1. The van der Waals surface area contributed by atoms with Crippen LogP contribution in [-0.2, 0) is 29.1 Å². The molecule has 9 nitrogen and oxygen atoms in total. The van der Waals surface area contributed by atoms with Gasteiger partial charge in [-0.2, -0.15) is 0 Å². The molecule has 2 bridgehead atoms. The number of pyridine rings is 1. The van der Waals surface area contributed by atoms with E-state index in [1.807, 2.05) is 41.0 Å². The average molecular weight is 528 g/mol. The fraction of sp³-hybridized carbons (Fsp3) is 0.333. The largest absolute Gasteiger partial charge is 0.508 e. The van der Waals surface area contributed by atoms with Gasteiger partial charge in [0.15, 0.2) is 5.41 Å². The first kappa shape index (κ1) is 25.1. The van der Waals surface area contributed by atoms with E-state index in [0.717, 1.165) is 39.6 Å². The van der Waals surface area contributed by atoms with Gasteiger partial charge in [-0.15, -0.1) is 0 Å². The molecular weight excluding hydrogens is 496 g/mol. The number of nitrogens with zero attached hydrogens (tertiary/aromatic N) is 2. The van der Waals surface area contributed by atoms with E-state index in [1.54, 1.807) is 24.3 Å². The van der Waals surface area contributed by atoms with Crippen molar-refractivity contribution < 1.29 is 24.4 Å². The number of phenolic OH excluding ortho intramolecular Hbond substituents is 1. The van der Waals surface area contributed by atoms with E-state index in [9.17, 15) is 24.3 Å². The smallest absolute Gasteiger partial charge is 0.331 e. The number of likely N-dealkylation sites (tertiary alicyclic amines) is 1. The fourth-order valence-corrected chi connectivity index (χ4v) is 6.67. The number of imide groups is 2. The number of aromatic nitrogens is 1. The van der Waals surface area contributed by atoms with Gasteiger partial charge < -0.3 is 14.6 Å². The molecule has 0 saturated carbocycles. The molecule has 1 unspecified atom stereocenters. The molecule has 0 spiro atoms. The zero-order chi connectivity index (χ0) is 27.1. The van der Waals surface area contributed by atoms with Crippen LogP contribution in [0.2, 0.25) is 0 Å². The van der Waals surface area contributed by atoms with Crippen LogP contribution in [0.3, 0.4) is 0 Å². The summed E-state index contributed by atoms with van der Waals surface area (Å²) in [7, 11) is 0. The number of amides is 4. The molecule has 2 fully saturated rings. The van der Waals surface area contributed by atoms with E-state index in [1.165, 1.54) is 12.1 Å². The first-order valence-electron chi connectivity index (χ1n) is 13.3. The van der Waals surface area contributed by atoms with Crippen LogP contribution in [0.25, 0.3) is 0 Å². The fourth-order valence-electron chi connectivity index (χ4n) is 6.67. The average Bonchev–Trinajstić information content (AvgIpc) is 2.92. The molecule has 9 heteroatoms. The SMILES string of the molecule is O=C1NC(=O)[C@@](Cc2ccc(O)cc2)(C[NH+]2C[C@@H]3C[C@H](C2)c2cccc(=O)n2C3)C(=O)N1Cc1ccccc1. The van der Waals surface area contributed by atoms with Gasteiger partial charge in [0.05, 0.1) is 19.6 Å². The molecular formula is C30H31N4O5+. The molecule has 3 N–H and O–H groups in total. The Balaban J connectivity index is 1.35. The topological polar surface area (TPSA) is 113 Å². The Morgan fingerprint density at radius 3 is 2.44 bits per heavy atom. The maximum absolute atomic E-state index is 14.2. The van der Waals surface area contributed by atoms with Gasteiger partial charge in [0, 0.05) is 36.6 Å². The highest BCUT2D eigenvalue weighted by molar-refractivity contribution is 6.19. The van der Waals surface area contributed by atoms with E-state index in [2.05, 4.69) is 5.32 Å². The Morgan fingerprint density at radius 2 is 1.67 bits per heavy atom. The quantitative estimate of drug-likeness (QED) is 0.415. The van der Waals surface area contributed by atoms with Gasteiger partial charge >= 0.3 is 6.03 Å². The van der Waals surface area contributed by atoms with E-state index < -0.39 is 23.3 Å². The van der Waals surface area contributed by atoms with Crippen molar-refractivity contribution in [3.05, 3.63) is 100.0 Å². The summed E-state index contributed by atoms with van der Waals surface area (Å²) in [4.78, 5) is 55.6. The van der Waals surface area contributed by atoms with Crippen molar-refractivity contribution in [2.75, 3.05) is 19.6 Å². The number of phenols is 1. The molecule has 3 aromatic rings. The van der Waals surface area contributed by atoms with Gasteiger partial charge in [-0.05, 0) is 35.7 Å². The molecule has 200 valence electrons. The number of carbonyl (C=O) groups is 3. The lowest BCUT2D eigenvalue weighted by atomic mass is 9.75. The number of barbiturate groups is 1. The number of urea groups is 1. The molecule has 39 heavy (non-hydrogen) atoms. The van der Waals surface area contributed by atoms with Crippen LogP contribution < -0.4 is 15.8 Å². The zero-order valence-corrected chi connectivity index (χ0v) is 21.5. The Morgan fingerprint density at radius 1 is 0.897 bits per heavy atom.